The fraction of sp³-hybridized carbons (Fsp3) is 0.316. The van der Waals surface area contributed by atoms with Gasteiger partial charge in [-0.2, -0.15) is 5.26 Å². The predicted molar refractivity (Wildman–Crippen MR) is 94.3 cm³/mol. The first kappa shape index (κ1) is 18.0. The van der Waals surface area contributed by atoms with Crippen molar-refractivity contribution in [1.82, 2.24) is 0 Å². The highest BCUT2D eigenvalue weighted by atomic mass is 35.5. The highest BCUT2D eigenvalue weighted by molar-refractivity contribution is 6.32. The van der Waals surface area contributed by atoms with Gasteiger partial charge in [0, 0.05) is 5.56 Å². The first-order valence-corrected chi connectivity index (χ1v) is 7.94. The minimum Gasteiger partial charge on any atom is -0.497 e. The Balaban J connectivity index is 2.38. The van der Waals surface area contributed by atoms with Crippen molar-refractivity contribution in [3.05, 3.63) is 52.0 Å². The Morgan fingerprint density at radius 2 is 1.75 bits per heavy atom. The lowest BCUT2D eigenvalue weighted by molar-refractivity contribution is 0.351. The van der Waals surface area contributed by atoms with Gasteiger partial charge in [0.25, 0.3) is 0 Å². The molecule has 0 aliphatic carbocycles. The zero-order valence-electron chi connectivity index (χ0n) is 14.1. The SMILES string of the molecule is COc1cccc(CCc2c(CC#N)cc(Cl)c(OC)c2OC)c1. The number of nitrogens with zero attached hydrogens (tertiary/aromatic N) is 1. The van der Waals surface area contributed by atoms with Crippen LogP contribution >= 0.6 is 11.6 Å². The third kappa shape index (κ3) is 3.93. The Labute approximate surface area is 147 Å². The van der Waals surface area contributed by atoms with E-state index in [0.29, 0.717) is 22.9 Å². The third-order valence-electron chi connectivity index (χ3n) is 3.86. The van der Waals surface area contributed by atoms with E-state index in [0.717, 1.165) is 28.9 Å². The molecule has 0 saturated heterocycles. The van der Waals surface area contributed by atoms with Crippen LogP contribution in [0.1, 0.15) is 16.7 Å². The summed E-state index contributed by atoms with van der Waals surface area (Å²) in [7, 11) is 4.79. The predicted octanol–water partition coefficient (Wildman–Crippen LogP) is 4.22. The van der Waals surface area contributed by atoms with Crippen molar-refractivity contribution in [2.24, 2.45) is 0 Å². The Kier molecular flexibility index (Phi) is 6.34. The first-order chi connectivity index (χ1) is 11.6. The van der Waals surface area contributed by atoms with Gasteiger partial charge in [-0.15, -0.1) is 0 Å². The van der Waals surface area contributed by atoms with E-state index in [1.165, 1.54) is 0 Å². The summed E-state index contributed by atoms with van der Waals surface area (Å²) in [5.74, 6) is 1.92. The van der Waals surface area contributed by atoms with Crippen LogP contribution in [0.5, 0.6) is 17.2 Å². The summed E-state index contributed by atoms with van der Waals surface area (Å²) in [4.78, 5) is 0. The number of rotatable bonds is 7. The molecule has 0 amide bonds. The maximum atomic E-state index is 9.10. The lowest BCUT2D eigenvalue weighted by Crippen LogP contribution is -2.03. The van der Waals surface area contributed by atoms with Crippen LogP contribution in [0.15, 0.2) is 30.3 Å². The summed E-state index contributed by atoms with van der Waals surface area (Å²) in [6.07, 6.45) is 1.77. The zero-order valence-corrected chi connectivity index (χ0v) is 14.8. The molecular formula is C19H20ClNO3. The molecule has 0 aromatic heterocycles. The fourth-order valence-corrected chi connectivity index (χ4v) is 3.01. The number of nitriles is 1. The van der Waals surface area contributed by atoms with Crippen LogP contribution in [0.4, 0.5) is 0 Å². The van der Waals surface area contributed by atoms with Crippen molar-refractivity contribution < 1.29 is 14.2 Å². The molecule has 0 saturated carbocycles. The standard InChI is InChI=1S/C19H20ClNO3/c1-22-15-6-4-5-13(11-15)7-8-16-14(9-10-21)12-17(20)19(24-3)18(16)23-2/h4-6,11-12H,7-9H2,1-3H3. The summed E-state index contributed by atoms with van der Waals surface area (Å²) >= 11 is 6.25. The minimum atomic E-state index is 0.271. The third-order valence-corrected chi connectivity index (χ3v) is 4.14. The van der Waals surface area contributed by atoms with Gasteiger partial charge in [-0.25, -0.2) is 0 Å². The lowest BCUT2D eigenvalue weighted by atomic mass is 9.96. The van der Waals surface area contributed by atoms with Crippen molar-refractivity contribution in [3.63, 3.8) is 0 Å². The summed E-state index contributed by atoms with van der Waals surface area (Å²) in [6, 6.07) is 11.9. The molecule has 0 N–H and O–H groups in total. The molecule has 0 radical (unpaired) electrons. The van der Waals surface area contributed by atoms with Crippen LogP contribution in [0.2, 0.25) is 5.02 Å². The van der Waals surface area contributed by atoms with Gasteiger partial charge in [0.05, 0.1) is 38.8 Å². The van der Waals surface area contributed by atoms with Crippen molar-refractivity contribution in [2.45, 2.75) is 19.3 Å². The van der Waals surface area contributed by atoms with Crippen molar-refractivity contribution in [2.75, 3.05) is 21.3 Å². The number of benzene rings is 2. The Bertz CT molecular complexity index is 753. The molecule has 0 aliphatic rings. The Morgan fingerprint density at radius 3 is 2.38 bits per heavy atom. The van der Waals surface area contributed by atoms with E-state index >= 15 is 0 Å². The highest BCUT2D eigenvalue weighted by Crippen LogP contribution is 2.40. The number of aryl methyl sites for hydroxylation is 1. The fourth-order valence-electron chi connectivity index (χ4n) is 2.72. The second kappa shape index (κ2) is 8.47. The van der Waals surface area contributed by atoms with Gasteiger partial charge < -0.3 is 14.2 Å². The average Bonchev–Trinajstić information content (AvgIpc) is 2.60. The second-order valence-electron chi connectivity index (χ2n) is 5.25. The Morgan fingerprint density at radius 1 is 1.00 bits per heavy atom. The van der Waals surface area contributed by atoms with Crippen LogP contribution < -0.4 is 14.2 Å². The van der Waals surface area contributed by atoms with Gasteiger partial charge in [0.1, 0.15) is 5.75 Å². The molecule has 0 fully saturated rings. The van der Waals surface area contributed by atoms with Crippen LogP contribution in [0.25, 0.3) is 0 Å². The number of halogens is 1. The second-order valence-corrected chi connectivity index (χ2v) is 5.66. The van der Waals surface area contributed by atoms with Crippen LogP contribution in [-0.4, -0.2) is 21.3 Å². The molecule has 0 atom stereocenters. The molecule has 2 aromatic rings. The molecule has 2 aromatic carbocycles. The maximum Gasteiger partial charge on any atom is 0.179 e. The first-order valence-electron chi connectivity index (χ1n) is 7.56. The molecule has 5 heteroatoms. The zero-order chi connectivity index (χ0) is 17.5. The van der Waals surface area contributed by atoms with E-state index in [1.54, 1.807) is 27.4 Å². The molecule has 4 nitrogen and oxygen atoms in total. The Hall–Kier alpha value is -2.38. The molecule has 0 bridgehead atoms. The summed E-state index contributed by atoms with van der Waals surface area (Å²) < 4.78 is 16.2. The minimum absolute atomic E-state index is 0.271. The topological polar surface area (TPSA) is 51.5 Å². The summed E-state index contributed by atoms with van der Waals surface area (Å²) in [6.45, 7) is 0. The molecule has 2 rings (SSSR count). The van der Waals surface area contributed by atoms with E-state index in [9.17, 15) is 0 Å². The van der Waals surface area contributed by atoms with Gasteiger partial charge in [0.15, 0.2) is 11.5 Å². The summed E-state index contributed by atoms with van der Waals surface area (Å²) in [5, 5.41) is 9.55. The molecule has 0 heterocycles. The normalized spacial score (nSPS) is 10.1. The van der Waals surface area contributed by atoms with Crippen LogP contribution in [-0.2, 0) is 19.3 Å². The molecule has 0 spiro atoms. The van der Waals surface area contributed by atoms with Crippen molar-refractivity contribution >= 4 is 11.6 Å². The molecular weight excluding hydrogens is 326 g/mol. The van der Waals surface area contributed by atoms with Gasteiger partial charge in [0.2, 0.25) is 0 Å². The van der Waals surface area contributed by atoms with E-state index in [-0.39, 0.29) is 6.42 Å². The van der Waals surface area contributed by atoms with Crippen LogP contribution in [0, 0.1) is 11.3 Å². The smallest absolute Gasteiger partial charge is 0.179 e. The number of hydrogen-bond donors (Lipinski definition) is 0. The van der Waals surface area contributed by atoms with E-state index in [4.69, 9.17) is 31.1 Å². The largest absolute Gasteiger partial charge is 0.497 e. The van der Waals surface area contributed by atoms with Crippen molar-refractivity contribution in [3.8, 4) is 23.3 Å². The van der Waals surface area contributed by atoms with E-state index in [1.807, 2.05) is 24.3 Å². The number of ether oxygens (including phenoxy) is 3. The van der Waals surface area contributed by atoms with E-state index < -0.39 is 0 Å². The maximum absolute atomic E-state index is 9.10. The molecule has 126 valence electrons. The molecule has 0 unspecified atom stereocenters. The number of methoxy groups -OCH3 is 3. The summed E-state index contributed by atoms with van der Waals surface area (Å²) in [5.41, 5.74) is 2.96. The van der Waals surface area contributed by atoms with Crippen LogP contribution in [0.3, 0.4) is 0 Å². The number of hydrogen-bond acceptors (Lipinski definition) is 4. The van der Waals surface area contributed by atoms with Gasteiger partial charge in [-0.05, 0) is 42.2 Å². The highest BCUT2D eigenvalue weighted by Gasteiger charge is 2.18. The van der Waals surface area contributed by atoms with Gasteiger partial charge >= 0.3 is 0 Å². The lowest BCUT2D eigenvalue weighted by Gasteiger charge is -2.17. The monoisotopic (exact) mass is 345 g/mol. The molecule has 24 heavy (non-hydrogen) atoms. The van der Waals surface area contributed by atoms with Crippen molar-refractivity contribution in [1.29, 1.82) is 5.26 Å². The van der Waals surface area contributed by atoms with E-state index in [2.05, 4.69) is 6.07 Å². The van der Waals surface area contributed by atoms with Gasteiger partial charge in [-0.3, -0.25) is 0 Å². The molecule has 0 aliphatic heterocycles. The average molecular weight is 346 g/mol. The quantitative estimate of drug-likeness (QED) is 0.754. The van der Waals surface area contributed by atoms with Gasteiger partial charge in [-0.1, -0.05) is 23.7 Å².